The number of carbonyl (C=O) groups is 1. The Bertz CT molecular complexity index is 274. The van der Waals surface area contributed by atoms with Crippen LogP contribution in [0.2, 0.25) is 0 Å². The molecule has 0 saturated heterocycles. The van der Waals surface area contributed by atoms with Gasteiger partial charge in [-0.25, -0.2) is 9.18 Å². The smallest absolute Gasteiger partial charge is 0.338 e. The SMILES string of the molecule is Cc1cccc(F)c1C(=O)O. The molecule has 1 aromatic carbocycles. The number of carboxylic acid groups (broad SMARTS) is 1. The Labute approximate surface area is 63.3 Å². The largest absolute Gasteiger partial charge is 0.478 e. The topological polar surface area (TPSA) is 37.3 Å². The van der Waals surface area contributed by atoms with Crippen LogP contribution in [0.15, 0.2) is 18.2 Å². The van der Waals surface area contributed by atoms with Crippen LogP contribution in [0.3, 0.4) is 0 Å². The van der Waals surface area contributed by atoms with E-state index >= 15 is 0 Å². The van der Waals surface area contributed by atoms with E-state index in [9.17, 15) is 9.18 Å². The number of rotatable bonds is 1. The molecule has 0 spiro atoms. The summed E-state index contributed by atoms with van der Waals surface area (Å²) in [6.45, 7) is 1.56. The monoisotopic (exact) mass is 154 g/mol. The van der Waals surface area contributed by atoms with Gasteiger partial charge in [0.15, 0.2) is 0 Å². The van der Waals surface area contributed by atoms with Crippen molar-refractivity contribution in [2.24, 2.45) is 0 Å². The van der Waals surface area contributed by atoms with Crippen molar-refractivity contribution in [3.05, 3.63) is 35.1 Å². The number of aromatic carboxylic acids is 1. The van der Waals surface area contributed by atoms with Crippen LogP contribution in [0.1, 0.15) is 15.9 Å². The van der Waals surface area contributed by atoms with Crippen LogP contribution in [-0.4, -0.2) is 11.1 Å². The normalized spacial score (nSPS) is 9.64. The zero-order chi connectivity index (χ0) is 8.43. The molecule has 0 atom stereocenters. The van der Waals surface area contributed by atoms with Gasteiger partial charge in [-0.2, -0.15) is 0 Å². The number of hydrogen-bond acceptors (Lipinski definition) is 1. The first kappa shape index (κ1) is 7.72. The third kappa shape index (κ3) is 1.37. The van der Waals surface area contributed by atoms with Crippen LogP contribution in [0.25, 0.3) is 0 Å². The average molecular weight is 154 g/mol. The fourth-order valence-corrected chi connectivity index (χ4v) is 0.903. The quantitative estimate of drug-likeness (QED) is 0.670. The molecule has 0 aliphatic heterocycles. The van der Waals surface area contributed by atoms with Gasteiger partial charge in [0, 0.05) is 0 Å². The van der Waals surface area contributed by atoms with Gasteiger partial charge in [-0.3, -0.25) is 0 Å². The van der Waals surface area contributed by atoms with Crippen molar-refractivity contribution in [2.45, 2.75) is 6.92 Å². The highest BCUT2D eigenvalue weighted by Gasteiger charge is 2.11. The summed E-state index contributed by atoms with van der Waals surface area (Å²) in [6.07, 6.45) is 0. The molecule has 0 bridgehead atoms. The third-order valence-electron chi connectivity index (χ3n) is 1.44. The van der Waals surface area contributed by atoms with Gasteiger partial charge in [0.25, 0.3) is 0 Å². The first-order valence-corrected chi connectivity index (χ1v) is 3.11. The van der Waals surface area contributed by atoms with Crippen molar-refractivity contribution in [3.8, 4) is 0 Å². The van der Waals surface area contributed by atoms with Crippen LogP contribution < -0.4 is 0 Å². The summed E-state index contributed by atoms with van der Waals surface area (Å²) in [5.74, 6) is -1.90. The summed E-state index contributed by atoms with van der Waals surface area (Å²) < 4.78 is 12.7. The lowest BCUT2D eigenvalue weighted by Gasteiger charge is -1.99. The number of benzene rings is 1. The maximum absolute atomic E-state index is 12.7. The van der Waals surface area contributed by atoms with Gasteiger partial charge in [-0.05, 0) is 18.6 Å². The molecular weight excluding hydrogens is 147 g/mol. The summed E-state index contributed by atoms with van der Waals surface area (Å²) in [6, 6.07) is 4.18. The molecule has 0 fully saturated rings. The molecule has 2 nitrogen and oxygen atoms in total. The van der Waals surface area contributed by atoms with E-state index in [1.807, 2.05) is 0 Å². The van der Waals surface area contributed by atoms with Crippen LogP contribution in [0.5, 0.6) is 0 Å². The van der Waals surface area contributed by atoms with Crippen molar-refractivity contribution in [3.63, 3.8) is 0 Å². The molecule has 0 unspecified atom stereocenters. The second-order valence-electron chi connectivity index (χ2n) is 2.24. The first-order chi connectivity index (χ1) is 5.13. The van der Waals surface area contributed by atoms with E-state index in [1.165, 1.54) is 6.07 Å². The Morgan fingerprint density at radius 3 is 2.55 bits per heavy atom. The van der Waals surface area contributed by atoms with Gasteiger partial charge in [0.2, 0.25) is 0 Å². The predicted octanol–water partition coefficient (Wildman–Crippen LogP) is 1.83. The lowest BCUT2D eigenvalue weighted by molar-refractivity contribution is 0.0691. The number of hydrogen-bond donors (Lipinski definition) is 1. The fraction of sp³-hybridized carbons (Fsp3) is 0.125. The summed E-state index contributed by atoms with van der Waals surface area (Å²) in [7, 11) is 0. The molecule has 0 saturated carbocycles. The van der Waals surface area contributed by atoms with Crippen molar-refractivity contribution in [1.29, 1.82) is 0 Å². The Morgan fingerprint density at radius 1 is 1.55 bits per heavy atom. The molecular formula is C8H7FO2. The number of carboxylic acids is 1. The highest BCUT2D eigenvalue weighted by molar-refractivity contribution is 5.89. The maximum Gasteiger partial charge on any atom is 0.338 e. The van der Waals surface area contributed by atoms with Gasteiger partial charge < -0.3 is 5.11 Å². The van der Waals surface area contributed by atoms with Gasteiger partial charge in [-0.1, -0.05) is 12.1 Å². The molecule has 0 amide bonds. The average Bonchev–Trinajstić information content (AvgIpc) is 1.85. The molecule has 1 N–H and O–H groups in total. The van der Waals surface area contributed by atoms with Gasteiger partial charge in [0.05, 0.1) is 5.56 Å². The maximum atomic E-state index is 12.7. The molecule has 0 aliphatic carbocycles. The summed E-state index contributed by atoms with van der Waals surface area (Å²) in [4.78, 5) is 10.4. The second-order valence-corrected chi connectivity index (χ2v) is 2.24. The fourth-order valence-electron chi connectivity index (χ4n) is 0.903. The second kappa shape index (κ2) is 2.70. The molecule has 0 heterocycles. The lowest BCUT2D eigenvalue weighted by atomic mass is 10.1. The zero-order valence-electron chi connectivity index (χ0n) is 5.97. The number of halogens is 1. The summed E-state index contributed by atoms with van der Waals surface area (Å²) >= 11 is 0. The van der Waals surface area contributed by atoms with Crippen LogP contribution >= 0.6 is 0 Å². The van der Waals surface area contributed by atoms with E-state index in [2.05, 4.69) is 0 Å². The Morgan fingerprint density at radius 2 is 2.18 bits per heavy atom. The van der Waals surface area contributed by atoms with Crippen molar-refractivity contribution in [2.75, 3.05) is 0 Å². The minimum atomic E-state index is -1.22. The van der Waals surface area contributed by atoms with Crippen molar-refractivity contribution in [1.82, 2.24) is 0 Å². The molecule has 3 heteroatoms. The molecule has 0 aromatic heterocycles. The first-order valence-electron chi connectivity index (χ1n) is 3.11. The van der Waals surface area contributed by atoms with E-state index in [0.29, 0.717) is 5.56 Å². The molecule has 0 radical (unpaired) electrons. The van der Waals surface area contributed by atoms with Gasteiger partial charge in [-0.15, -0.1) is 0 Å². The highest BCUT2D eigenvalue weighted by atomic mass is 19.1. The minimum absolute atomic E-state index is 0.243. The Balaban J connectivity index is 3.32. The Hall–Kier alpha value is -1.38. The summed E-state index contributed by atoms with van der Waals surface area (Å²) in [5.41, 5.74) is 0.199. The molecule has 1 rings (SSSR count). The number of aryl methyl sites for hydroxylation is 1. The Kier molecular flexibility index (Phi) is 1.89. The van der Waals surface area contributed by atoms with Gasteiger partial charge >= 0.3 is 5.97 Å². The molecule has 58 valence electrons. The standard InChI is InChI=1S/C8H7FO2/c1-5-3-2-4-6(9)7(5)8(10)11/h2-4H,1H3,(H,10,11). The molecule has 0 aliphatic rings. The zero-order valence-corrected chi connectivity index (χ0v) is 5.97. The predicted molar refractivity (Wildman–Crippen MR) is 38.1 cm³/mol. The van der Waals surface area contributed by atoms with Crippen molar-refractivity contribution < 1.29 is 14.3 Å². The third-order valence-corrected chi connectivity index (χ3v) is 1.44. The van der Waals surface area contributed by atoms with Crippen LogP contribution in [0, 0.1) is 12.7 Å². The molecule has 11 heavy (non-hydrogen) atoms. The van der Waals surface area contributed by atoms with Gasteiger partial charge in [0.1, 0.15) is 5.82 Å². The van der Waals surface area contributed by atoms with Crippen molar-refractivity contribution >= 4 is 5.97 Å². The minimum Gasteiger partial charge on any atom is -0.478 e. The summed E-state index contributed by atoms with van der Waals surface area (Å²) in [5, 5.41) is 8.51. The highest BCUT2D eigenvalue weighted by Crippen LogP contribution is 2.11. The lowest BCUT2D eigenvalue weighted by Crippen LogP contribution is -2.02. The molecule has 1 aromatic rings. The van der Waals surface area contributed by atoms with E-state index in [-0.39, 0.29) is 5.56 Å². The van der Waals surface area contributed by atoms with Crippen LogP contribution in [0.4, 0.5) is 4.39 Å². The van der Waals surface area contributed by atoms with E-state index in [0.717, 1.165) is 6.07 Å². The van der Waals surface area contributed by atoms with E-state index in [4.69, 9.17) is 5.11 Å². The van der Waals surface area contributed by atoms with E-state index < -0.39 is 11.8 Å². The van der Waals surface area contributed by atoms with E-state index in [1.54, 1.807) is 13.0 Å². The van der Waals surface area contributed by atoms with Crippen LogP contribution in [-0.2, 0) is 0 Å².